The van der Waals surface area contributed by atoms with Gasteiger partial charge in [0.05, 0.1) is 6.61 Å². The normalized spacial score (nSPS) is 29.7. The third-order valence-corrected chi connectivity index (χ3v) is 5.24. The molecule has 2 N–H and O–H groups in total. The van der Waals surface area contributed by atoms with Crippen LogP contribution in [0.5, 0.6) is 0 Å². The molecule has 0 spiro atoms. The largest absolute Gasteiger partial charge is 0.396 e. The second-order valence-electron chi connectivity index (χ2n) is 6.56. The highest BCUT2D eigenvalue weighted by molar-refractivity contribution is 5.77. The van der Waals surface area contributed by atoms with E-state index < -0.39 is 0 Å². The summed E-state index contributed by atoms with van der Waals surface area (Å²) in [6.07, 6.45) is 4.36. The molecule has 2 bridgehead atoms. The third kappa shape index (κ3) is 3.50. The van der Waals surface area contributed by atoms with Crippen LogP contribution < -0.4 is 5.32 Å². The average molecular weight is 303 g/mol. The molecule has 2 aliphatic rings. The highest BCUT2D eigenvalue weighted by atomic mass is 16.5. The fourth-order valence-corrected chi connectivity index (χ4v) is 4.13. The van der Waals surface area contributed by atoms with Gasteiger partial charge in [-0.3, -0.25) is 4.79 Å². The summed E-state index contributed by atoms with van der Waals surface area (Å²) < 4.78 is 5.48. The molecule has 0 saturated heterocycles. The van der Waals surface area contributed by atoms with E-state index in [1.54, 1.807) is 0 Å². The van der Waals surface area contributed by atoms with Gasteiger partial charge in [0, 0.05) is 18.6 Å². The molecule has 22 heavy (non-hydrogen) atoms. The van der Waals surface area contributed by atoms with Crippen molar-refractivity contribution in [3.8, 4) is 0 Å². The maximum absolute atomic E-state index is 12.0. The van der Waals surface area contributed by atoms with Crippen LogP contribution >= 0.6 is 0 Å². The number of carbonyl (C=O) groups excluding carboxylic acids is 1. The van der Waals surface area contributed by atoms with Crippen molar-refractivity contribution in [2.45, 2.75) is 31.7 Å². The molecule has 4 unspecified atom stereocenters. The fourth-order valence-electron chi connectivity index (χ4n) is 4.13. The van der Waals surface area contributed by atoms with E-state index >= 15 is 0 Å². The van der Waals surface area contributed by atoms with Crippen LogP contribution in [0.3, 0.4) is 0 Å². The Hall–Kier alpha value is -1.39. The van der Waals surface area contributed by atoms with Gasteiger partial charge in [0.25, 0.3) is 0 Å². The molecule has 1 amide bonds. The molecule has 0 heterocycles. The Kier molecular flexibility index (Phi) is 5.11. The third-order valence-electron chi connectivity index (χ3n) is 5.24. The Morgan fingerprint density at radius 2 is 2.00 bits per heavy atom. The van der Waals surface area contributed by atoms with E-state index in [4.69, 9.17) is 4.74 Å². The van der Waals surface area contributed by atoms with E-state index in [1.165, 1.54) is 18.4 Å². The first kappa shape index (κ1) is 15.5. The summed E-state index contributed by atoms with van der Waals surface area (Å²) in [7, 11) is 0. The number of hydrogen-bond acceptors (Lipinski definition) is 3. The molecule has 2 saturated carbocycles. The minimum absolute atomic E-state index is 0.0518. The number of nitrogens with one attached hydrogen (secondary N) is 1. The van der Waals surface area contributed by atoms with E-state index in [1.807, 2.05) is 18.2 Å². The summed E-state index contributed by atoms with van der Waals surface area (Å²) in [4.78, 5) is 12.0. The zero-order valence-corrected chi connectivity index (χ0v) is 12.9. The van der Waals surface area contributed by atoms with Gasteiger partial charge in [-0.2, -0.15) is 0 Å². The van der Waals surface area contributed by atoms with Crippen molar-refractivity contribution < 1.29 is 14.6 Å². The first-order valence-corrected chi connectivity index (χ1v) is 8.30. The van der Waals surface area contributed by atoms with Gasteiger partial charge in [-0.15, -0.1) is 0 Å². The molecule has 2 fully saturated rings. The maximum atomic E-state index is 12.0. The first-order valence-electron chi connectivity index (χ1n) is 8.30. The highest BCUT2D eigenvalue weighted by Gasteiger charge is 2.47. The van der Waals surface area contributed by atoms with Crippen LogP contribution in [-0.2, 0) is 16.0 Å². The van der Waals surface area contributed by atoms with E-state index in [2.05, 4.69) is 17.4 Å². The summed E-state index contributed by atoms with van der Waals surface area (Å²) in [5, 5.41) is 12.6. The van der Waals surface area contributed by atoms with Crippen LogP contribution in [0, 0.1) is 17.8 Å². The van der Waals surface area contributed by atoms with Crippen molar-refractivity contribution in [1.29, 1.82) is 0 Å². The molecule has 0 radical (unpaired) electrons. The number of ether oxygens (including phenoxy) is 1. The highest BCUT2D eigenvalue weighted by Crippen LogP contribution is 2.48. The first-order chi connectivity index (χ1) is 10.8. The molecule has 4 atom stereocenters. The van der Waals surface area contributed by atoms with Gasteiger partial charge in [0.2, 0.25) is 5.91 Å². The van der Waals surface area contributed by atoms with E-state index in [9.17, 15) is 9.90 Å². The summed E-state index contributed by atoms with van der Waals surface area (Å²) in [6.45, 7) is 0.845. The van der Waals surface area contributed by atoms with Crippen molar-refractivity contribution in [2.75, 3.05) is 19.8 Å². The number of benzene rings is 1. The van der Waals surface area contributed by atoms with E-state index in [-0.39, 0.29) is 31.1 Å². The minimum Gasteiger partial charge on any atom is -0.396 e. The predicted molar refractivity (Wildman–Crippen MR) is 84.3 cm³/mol. The molecular weight excluding hydrogens is 278 g/mol. The van der Waals surface area contributed by atoms with Crippen LogP contribution in [0.25, 0.3) is 0 Å². The lowest BCUT2D eigenvalue weighted by Gasteiger charge is -2.30. The lowest BCUT2D eigenvalue weighted by molar-refractivity contribution is -0.127. The molecule has 4 nitrogen and oxygen atoms in total. The molecule has 1 aromatic carbocycles. The molecule has 120 valence electrons. The molecule has 0 aromatic heterocycles. The Morgan fingerprint density at radius 1 is 1.23 bits per heavy atom. The second kappa shape index (κ2) is 7.25. The zero-order valence-electron chi connectivity index (χ0n) is 12.9. The number of fused-ring (bicyclic) bond motifs is 2. The van der Waals surface area contributed by atoms with Gasteiger partial charge in [0.1, 0.15) is 6.61 Å². The average Bonchev–Trinajstić information content (AvgIpc) is 3.14. The Balaban J connectivity index is 1.38. The molecule has 4 heteroatoms. The van der Waals surface area contributed by atoms with E-state index in [0.29, 0.717) is 18.4 Å². The summed E-state index contributed by atoms with van der Waals surface area (Å²) in [6, 6.07) is 10.3. The van der Waals surface area contributed by atoms with Crippen LogP contribution in [0.1, 0.15) is 24.8 Å². The fraction of sp³-hybridized carbons (Fsp3) is 0.611. The van der Waals surface area contributed by atoms with Crippen molar-refractivity contribution in [1.82, 2.24) is 5.32 Å². The number of amides is 1. The topological polar surface area (TPSA) is 58.6 Å². The Labute approximate surface area is 131 Å². The molecule has 1 aromatic rings. The number of carbonyl (C=O) groups is 1. The Bertz CT molecular complexity index is 490. The number of aliphatic hydroxyl groups excluding tert-OH is 1. The van der Waals surface area contributed by atoms with Gasteiger partial charge in [-0.05, 0) is 43.1 Å². The van der Waals surface area contributed by atoms with Gasteiger partial charge in [-0.1, -0.05) is 30.3 Å². The lowest BCUT2D eigenvalue weighted by atomic mass is 9.85. The van der Waals surface area contributed by atoms with Gasteiger partial charge in [-0.25, -0.2) is 0 Å². The Morgan fingerprint density at radius 3 is 2.77 bits per heavy atom. The monoisotopic (exact) mass is 303 g/mol. The summed E-state index contributed by atoms with van der Waals surface area (Å²) >= 11 is 0. The summed E-state index contributed by atoms with van der Waals surface area (Å²) in [5.74, 6) is 1.34. The zero-order chi connectivity index (χ0) is 15.4. The standard InChI is InChI=1S/C18H25NO3/c20-11-16-14-6-7-15(10-14)18(16)19-17(21)12-22-9-8-13-4-2-1-3-5-13/h1-5,14-16,18,20H,6-12H2,(H,19,21). The van der Waals surface area contributed by atoms with Crippen molar-refractivity contribution in [3.63, 3.8) is 0 Å². The predicted octanol–water partition coefficient (Wildman–Crippen LogP) is 1.77. The molecule has 2 aliphatic carbocycles. The number of rotatable bonds is 7. The molecule has 3 rings (SSSR count). The molecule has 0 aliphatic heterocycles. The van der Waals surface area contributed by atoms with Crippen molar-refractivity contribution in [3.05, 3.63) is 35.9 Å². The van der Waals surface area contributed by atoms with Crippen LogP contribution in [0.15, 0.2) is 30.3 Å². The van der Waals surface area contributed by atoms with Gasteiger partial charge < -0.3 is 15.2 Å². The van der Waals surface area contributed by atoms with Crippen LogP contribution in [-0.4, -0.2) is 36.9 Å². The lowest BCUT2D eigenvalue weighted by Crippen LogP contribution is -2.46. The van der Waals surface area contributed by atoms with Crippen LogP contribution in [0.4, 0.5) is 0 Å². The van der Waals surface area contributed by atoms with Crippen molar-refractivity contribution >= 4 is 5.91 Å². The van der Waals surface area contributed by atoms with Crippen molar-refractivity contribution in [2.24, 2.45) is 17.8 Å². The second-order valence-corrected chi connectivity index (χ2v) is 6.56. The van der Waals surface area contributed by atoms with Gasteiger partial charge >= 0.3 is 0 Å². The minimum atomic E-state index is -0.0518. The van der Waals surface area contributed by atoms with Crippen LogP contribution in [0.2, 0.25) is 0 Å². The number of hydrogen-bond donors (Lipinski definition) is 2. The smallest absolute Gasteiger partial charge is 0.246 e. The van der Waals surface area contributed by atoms with E-state index in [0.717, 1.165) is 12.8 Å². The molecular formula is C18H25NO3. The SMILES string of the molecule is O=C(COCCc1ccccc1)NC1C2CCC(C2)C1CO. The van der Waals surface area contributed by atoms with Gasteiger partial charge in [0.15, 0.2) is 0 Å². The summed E-state index contributed by atoms with van der Waals surface area (Å²) in [5.41, 5.74) is 1.22. The quantitative estimate of drug-likeness (QED) is 0.755. The maximum Gasteiger partial charge on any atom is 0.246 e. The number of aliphatic hydroxyl groups is 1.